The third-order valence-electron chi connectivity index (χ3n) is 1.74. The van der Waals surface area contributed by atoms with Gasteiger partial charge in [-0.2, -0.15) is 0 Å². The first-order valence-electron chi connectivity index (χ1n) is 3.65. The predicted molar refractivity (Wildman–Crippen MR) is 49.8 cm³/mol. The summed E-state index contributed by atoms with van der Waals surface area (Å²) in [5.74, 6) is 0. The van der Waals surface area contributed by atoms with E-state index in [1.54, 1.807) is 12.1 Å². The maximum atomic E-state index is 12.1. The van der Waals surface area contributed by atoms with Crippen LogP contribution in [0.25, 0.3) is 0 Å². The molecule has 1 atom stereocenters. The zero-order valence-corrected chi connectivity index (χ0v) is 8.31. The van der Waals surface area contributed by atoms with Crippen molar-refractivity contribution in [3.8, 4) is 0 Å². The molecule has 1 aromatic carbocycles. The molecule has 3 heteroatoms. The zero-order chi connectivity index (χ0) is 9.14. The van der Waals surface area contributed by atoms with Gasteiger partial charge >= 0.3 is 0 Å². The predicted octanol–water partition coefficient (Wildman–Crippen LogP) is 2.76. The van der Waals surface area contributed by atoms with E-state index in [2.05, 4.69) is 15.9 Å². The van der Waals surface area contributed by atoms with Gasteiger partial charge in [-0.15, -0.1) is 0 Å². The van der Waals surface area contributed by atoms with Crippen LogP contribution in [0.3, 0.4) is 0 Å². The fourth-order valence-electron chi connectivity index (χ4n) is 1.10. The van der Waals surface area contributed by atoms with E-state index in [0.717, 1.165) is 10.0 Å². The van der Waals surface area contributed by atoms with Crippen molar-refractivity contribution in [1.82, 2.24) is 0 Å². The molecule has 0 bridgehead atoms. The maximum absolute atomic E-state index is 12.1. The van der Waals surface area contributed by atoms with Crippen molar-refractivity contribution in [2.45, 2.75) is 13.0 Å². The lowest BCUT2D eigenvalue weighted by Crippen LogP contribution is -2.01. The topological polar surface area (TPSA) is 20.2 Å². The molecule has 1 unspecified atom stereocenters. The number of rotatable bonds is 2. The van der Waals surface area contributed by atoms with Crippen LogP contribution in [0.1, 0.15) is 17.2 Å². The Bertz CT molecular complexity index is 275. The molecule has 0 spiro atoms. The SMILES string of the molecule is Cc1cc(Br)ccc1C(O)CF. The van der Waals surface area contributed by atoms with Gasteiger partial charge in [0, 0.05) is 4.47 Å². The highest BCUT2D eigenvalue weighted by Gasteiger charge is 2.09. The van der Waals surface area contributed by atoms with Gasteiger partial charge in [0.1, 0.15) is 12.8 Å². The molecule has 0 saturated carbocycles. The monoisotopic (exact) mass is 232 g/mol. The highest BCUT2D eigenvalue weighted by atomic mass is 79.9. The average Bonchev–Trinajstić information content (AvgIpc) is 2.03. The summed E-state index contributed by atoms with van der Waals surface area (Å²) in [6.07, 6.45) is -0.988. The molecule has 1 aromatic rings. The molecular weight excluding hydrogens is 223 g/mol. The van der Waals surface area contributed by atoms with Gasteiger partial charge in [-0.1, -0.05) is 22.0 Å². The number of aryl methyl sites for hydroxylation is 1. The smallest absolute Gasteiger partial charge is 0.119 e. The van der Waals surface area contributed by atoms with Crippen molar-refractivity contribution in [3.05, 3.63) is 33.8 Å². The molecule has 0 heterocycles. The van der Waals surface area contributed by atoms with Crippen LogP contribution >= 0.6 is 15.9 Å². The van der Waals surface area contributed by atoms with Crippen molar-refractivity contribution in [2.24, 2.45) is 0 Å². The van der Waals surface area contributed by atoms with Crippen LogP contribution in [-0.2, 0) is 0 Å². The second-order valence-corrected chi connectivity index (χ2v) is 3.59. The Kier molecular flexibility index (Phi) is 3.23. The molecule has 1 rings (SSSR count). The lowest BCUT2D eigenvalue weighted by atomic mass is 10.0. The molecule has 0 aromatic heterocycles. The van der Waals surface area contributed by atoms with Gasteiger partial charge in [-0.05, 0) is 30.2 Å². The Hall–Kier alpha value is -0.410. The van der Waals surface area contributed by atoms with E-state index < -0.39 is 12.8 Å². The number of hydrogen-bond acceptors (Lipinski definition) is 1. The summed E-state index contributed by atoms with van der Waals surface area (Å²) < 4.78 is 13.0. The van der Waals surface area contributed by atoms with Crippen LogP contribution in [0.2, 0.25) is 0 Å². The minimum atomic E-state index is -0.988. The molecule has 0 radical (unpaired) electrons. The molecule has 1 nitrogen and oxygen atoms in total. The van der Waals surface area contributed by atoms with Crippen molar-refractivity contribution < 1.29 is 9.50 Å². The summed E-state index contributed by atoms with van der Waals surface area (Å²) in [4.78, 5) is 0. The van der Waals surface area contributed by atoms with E-state index in [9.17, 15) is 9.50 Å². The molecule has 66 valence electrons. The minimum absolute atomic E-state index is 0.653. The Labute approximate surface area is 79.4 Å². The molecule has 0 aliphatic heterocycles. The quantitative estimate of drug-likeness (QED) is 0.832. The molecule has 0 fully saturated rings. The van der Waals surface area contributed by atoms with Gasteiger partial charge in [-0.3, -0.25) is 0 Å². The van der Waals surface area contributed by atoms with E-state index in [4.69, 9.17) is 0 Å². The van der Waals surface area contributed by atoms with Crippen LogP contribution in [0.15, 0.2) is 22.7 Å². The summed E-state index contributed by atoms with van der Waals surface area (Å²) in [5, 5.41) is 9.21. The van der Waals surface area contributed by atoms with Gasteiger partial charge in [0.15, 0.2) is 0 Å². The Morgan fingerprint density at radius 2 is 2.25 bits per heavy atom. The Morgan fingerprint density at radius 1 is 1.58 bits per heavy atom. The fourth-order valence-corrected chi connectivity index (χ4v) is 1.57. The third-order valence-corrected chi connectivity index (χ3v) is 2.23. The van der Waals surface area contributed by atoms with Crippen molar-refractivity contribution in [2.75, 3.05) is 6.67 Å². The third kappa shape index (κ3) is 2.05. The lowest BCUT2D eigenvalue weighted by Gasteiger charge is -2.09. The standard InChI is InChI=1S/C9H10BrFO/c1-6-4-7(10)2-3-8(6)9(12)5-11/h2-4,9,12H,5H2,1H3. The molecule has 0 saturated heterocycles. The molecule has 0 aliphatic carbocycles. The first-order chi connectivity index (χ1) is 5.65. The van der Waals surface area contributed by atoms with Crippen molar-refractivity contribution >= 4 is 15.9 Å². The van der Waals surface area contributed by atoms with Gasteiger partial charge in [0.2, 0.25) is 0 Å². The number of benzene rings is 1. The molecule has 12 heavy (non-hydrogen) atoms. The van der Waals surface area contributed by atoms with Gasteiger partial charge in [0.25, 0.3) is 0 Å². The van der Waals surface area contributed by atoms with E-state index in [1.807, 2.05) is 13.0 Å². The van der Waals surface area contributed by atoms with Gasteiger partial charge < -0.3 is 5.11 Å². The maximum Gasteiger partial charge on any atom is 0.119 e. The van der Waals surface area contributed by atoms with Crippen LogP contribution < -0.4 is 0 Å². The summed E-state index contributed by atoms with van der Waals surface area (Å²) >= 11 is 3.29. The minimum Gasteiger partial charge on any atom is -0.386 e. The van der Waals surface area contributed by atoms with Crippen molar-refractivity contribution in [1.29, 1.82) is 0 Å². The second kappa shape index (κ2) is 4.01. The Balaban J connectivity index is 3.01. The second-order valence-electron chi connectivity index (χ2n) is 2.67. The van der Waals surface area contributed by atoms with Crippen LogP contribution in [0, 0.1) is 6.92 Å². The van der Waals surface area contributed by atoms with E-state index in [1.165, 1.54) is 0 Å². The average molecular weight is 233 g/mol. The van der Waals surface area contributed by atoms with Gasteiger partial charge in [-0.25, -0.2) is 4.39 Å². The van der Waals surface area contributed by atoms with Crippen LogP contribution in [0.5, 0.6) is 0 Å². The molecule has 1 N–H and O–H groups in total. The summed E-state index contributed by atoms with van der Waals surface area (Å²) in [7, 11) is 0. The summed E-state index contributed by atoms with van der Waals surface area (Å²) in [5.41, 5.74) is 1.55. The van der Waals surface area contributed by atoms with Crippen LogP contribution in [-0.4, -0.2) is 11.8 Å². The first kappa shape index (κ1) is 9.68. The molecule has 0 aliphatic rings. The Morgan fingerprint density at radius 3 is 2.75 bits per heavy atom. The van der Waals surface area contributed by atoms with Crippen molar-refractivity contribution in [3.63, 3.8) is 0 Å². The fraction of sp³-hybridized carbons (Fsp3) is 0.333. The zero-order valence-electron chi connectivity index (χ0n) is 6.72. The number of halogens is 2. The first-order valence-corrected chi connectivity index (χ1v) is 4.44. The number of aliphatic hydroxyl groups is 1. The number of hydrogen-bond donors (Lipinski definition) is 1. The highest BCUT2D eigenvalue weighted by Crippen LogP contribution is 2.21. The summed E-state index contributed by atoms with van der Waals surface area (Å²) in [6, 6.07) is 5.37. The lowest BCUT2D eigenvalue weighted by molar-refractivity contribution is 0.141. The van der Waals surface area contributed by atoms with Crippen LogP contribution in [0.4, 0.5) is 4.39 Å². The molecular formula is C9H10BrFO. The highest BCUT2D eigenvalue weighted by molar-refractivity contribution is 9.10. The largest absolute Gasteiger partial charge is 0.386 e. The number of aliphatic hydroxyl groups excluding tert-OH is 1. The van der Waals surface area contributed by atoms with E-state index >= 15 is 0 Å². The summed E-state index contributed by atoms with van der Waals surface area (Å²) in [6.45, 7) is 1.11. The van der Waals surface area contributed by atoms with Gasteiger partial charge in [0.05, 0.1) is 0 Å². The normalized spacial score (nSPS) is 13.0. The van der Waals surface area contributed by atoms with E-state index in [0.29, 0.717) is 5.56 Å². The molecule has 0 amide bonds. The number of alkyl halides is 1. The van der Waals surface area contributed by atoms with E-state index in [-0.39, 0.29) is 0 Å².